The molecule has 4 fully saturated rings. The van der Waals surface area contributed by atoms with Crippen LogP contribution < -0.4 is 25.2 Å². The van der Waals surface area contributed by atoms with E-state index in [-0.39, 0.29) is 47.6 Å². The van der Waals surface area contributed by atoms with Crippen molar-refractivity contribution in [2.24, 2.45) is 16.7 Å². The molecule has 1 aromatic heterocycles. The molecule has 14 nitrogen and oxygen atoms in total. The van der Waals surface area contributed by atoms with Gasteiger partial charge in [0.25, 0.3) is 17.7 Å². The maximum atomic E-state index is 15.8. The molecule has 1 atom stereocenters. The molecule has 0 unspecified atom stereocenters. The lowest BCUT2D eigenvalue weighted by Gasteiger charge is -2.63. The molecule has 0 bridgehead atoms. The van der Waals surface area contributed by atoms with E-state index in [0.717, 1.165) is 61.5 Å². The lowest BCUT2D eigenvalue weighted by molar-refractivity contribution is -0.163. The van der Waals surface area contributed by atoms with Gasteiger partial charge in [0.05, 0.1) is 27.9 Å². The number of nitrogens with one attached hydrogen (secondary N) is 2. The highest BCUT2D eigenvalue weighted by Gasteiger charge is 2.64. The van der Waals surface area contributed by atoms with Gasteiger partial charge < -0.3 is 19.9 Å². The lowest BCUT2D eigenvalue weighted by atomic mass is 9.49. The van der Waals surface area contributed by atoms with E-state index in [0.29, 0.717) is 41.5 Å². The third-order valence-corrected chi connectivity index (χ3v) is 14.1. The smallest absolute Gasteiger partial charge is 0.262 e. The summed E-state index contributed by atoms with van der Waals surface area (Å²) in [4.78, 5) is 76.3. The van der Waals surface area contributed by atoms with Gasteiger partial charge in [0, 0.05) is 91.9 Å². The first-order valence-corrected chi connectivity index (χ1v) is 21.8. The largest absolute Gasteiger partial charge is 0.488 e. The number of hydrogen-bond acceptors (Lipinski definition) is 11. The van der Waals surface area contributed by atoms with Gasteiger partial charge >= 0.3 is 0 Å². The van der Waals surface area contributed by atoms with E-state index in [2.05, 4.69) is 64.1 Å². The van der Waals surface area contributed by atoms with Crippen molar-refractivity contribution in [1.82, 2.24) is 25.4 Å². The minimum atomic E-state index is -0.995. The highest BCUT2D eigenvalue weighted by atomic mass is 19.1. The van der Waals surface area contributed by atoms with Crippen molar-refractivity contribution >= 4 is 51.8 Å². The Morgan fingerprint density at radius 1 is 0.889 bits per heavy atom. The van der Waals surface area contributed by atoms with Gasteiger partial charge in [0.2, 0.25) is 11.8 Å². The van der Waals surface area contributed by atoms with Gasteiger partial charge in [-0.05, 0) is 85.8 Å². The van der Waals surface area contributed by atoms with Crippen molar-refractivity contribution in [1.29, 1.82) is 5.26 Å². The van der Waals surface area contributed by atoms with Crippen molar-refractivity contribution in [2.45, 2.75) is 71.6 Å². The van der Waals surface area contributed by atoms with Crippen LogP contribution in [0.3, 0.4) is 0 Å². The van der Waals surface area contributed by atoms with Gasteiger partial charge in [-0.15, -0.1) is 0 Å². The fourth-order valence-corrected chi connectivity index (χ4v) is 11.0. The highest BCUT2D eigenvalue weighted by Crippen LogP contribution is 2.56. The second-order valence-electron chi connectivity index (χ2n) is 18.7. The molecule has 2 N–H and O–H groups in total. The second kappa shape index (κ2) is 16.1. The third-order valence-electron chi connectivity index (χ3n) is 14.1. The lowest BCUT2D eigenvalue weighted by Crippen LogP contribution is -2.74. The Hall–Kier alpha value is -6.40. The summed E-state index contributed by atoms with van der Waals surface area (Å²) in [6.07, 6.45) is 3.41. The van der Waals surface area contributed by atoms with Crippen LogP contribution in [0.5, 0.6) is 5.75 Å². The topological polar surface area (TPSA) is 168 Å². The normalized spacial score (nSPS) is 23.6. The fraction of sp³-hybridized carbons (Fsp3) is 0.438. The van der Waals surface area contributed by atoms with Gasteiger partial charge in [-0.25, -0.2) is 4.39 Å². The van der Waals surface area contributed by atoms with Crippen LogP contribution in [0.2, 0.25) is 0 Å². The van der Waals surface area contributed by atoms with E-state index in [4.69, 9.17) is 4.74 Å². The van der Waals surface area contributed by atoms with E-state index in [1.165, 1.54) is 6.07 Å². The summed E-state index contributed by atoms with van der Waals surface area (Å²) in [5, 5.41) is 15.7. The van der Waals surface area contributed by atoms with Gasteiger partial charge in [-0.2, -0.15) is 5.26 Å². The zero-order chi connectivity index (χ0) is 44.4. The number of nitrogens with zero attached hydrogens (tertiary/aromatic N) is 6. The molecule has 1 aliphatic carbocycles. The molecular formula is C48H51FN8O6. The van der Waals surface area contributed by atoms with E-state index < -0.39 is 46.3 Å². The number of rotatable bonds is 9. The number of aromatic nitrogens is 1. The summed E-state index contributed by atoms with van der Waals surface area (Å²) in [6, 6.07) is 18.2. The van der Waals surface area contributed by atoms with Gasteiger partial charge in [-0.1, -0.05) is 27.7 Å². The highest BCUT2D eigenvalue weighted by molar-refractivity contribution is 6.23. The zero-order valence-corrected chi connectivity index (χ0v) is 35.9. The number of piperazine rings is 1. The Bertz CT molecular complexity index is 2570. The summed E-state index contributed by atoms with van der Waals surface area (Å²) in [5.41, 5.74) is 2.29. The number of carbonyl (C=O) groups excluding carboxylic acids is 5. The van der Waals surface area contributed by atoms with E-state index in [1.54, 1.807) is 42.6 Å². The molecule has 1 saturated carbocycles. The van der Waals surface area contributed by atoms with Crippen molar-refractivity contribution in [2.75, 3.05) is 55.6 Å². The molecule has 3 saturated heterocycles. The monoisotopic (exact) mass is 854 g/mol. The zero-order valence-electron chi connectivity index (χ0n) is 35.9. The Kier molecular flexibility index (Phi) is 10.7. The number of imide groups is 2. The predicted octanol–water partition coefficient (Wildman–Crippen LogP) is 5.30. The van der Waals surface area contributed by atoms with Crippen LogP contribution in [0.1, 0.15) is 90.0 Å². The van der Waals surface area contributed by atoms with Crippen molar-refractivity contribution < 1.29 is 33.1 Å². The van der Waals surface area contributed by atoms with Crippen LogP contribution in [0, 0.1) is 33.9 Å². The molecule has 15 heteroatoms. The summed E-state index contributed by atoms with van der Waals surface area (Å²) in [7, 11) is 0. The predicted molar refractivity (Wildman–Crippen MR) is 233 cm³/mol. The molecule has 63 heavy (non-hydrogen) atoms. The summed E-state index contributed by atoms with van der Waals surface area (Å²) in [5.74, 6) is -1.73. The van der Waals surface area contributed by atoms with E-state index >= 15 is 4.39 Å². The minimum Gasteiger partial charge on any atom is -0.488 e. The molecule has 5 heterocycles. The molecule has 4 aromatic rings. The average molecular weight is 855 g/mol. The average Bonchev–Trinajstić information content (AvgIpc) is 3.52. The van der Waals surface area contributed by atoms with E-state index in [1.807, 2.05) is 18.2 Å². The molecule has 0 spiro atoms. The van der Waals surface area contributed by atoms with Crippen molar-refractivity contribution in [3.63, 3.8) is 0 Å². The second-order valence-corrected chi connectivity index (χ2v) is 18.7. The van der Waals surface area contributed by atoms with Crippen LogP contribution >= 0.6 is 0 Å². The molecular weight excluding hydrogens is 804 g/mol. The number of halogens is 1. The quantitative estimate of drug-likeness (QED) is 0.210. The van der Waals surface area contributed by atoms with Gasteiger partial charge in [0.15, 0.2) is 0 Å². The molecule has 5 aliphatic rings. The number of benzene rings is 3. The summed E-state index contributed by atoms with van der Waals surface area (Å²) < 4.78 is 22.4. The molecule has 5 amide bonds. The molecule has 0 radical (unpaired) electrons. The molecule has 326 valence electrons. The number of nitriles is 1. The SMILES string of the molecule is CC1(C)C(NC(=O)c2ccc(N3CCC(CN4CCN(c5ccc6c(c5)C(=O)N([C@H]5CCC(=O)NC5=O)C6=O)CC4)CC3)c(F)c2)C(C)(C)C1Oc1ccc(C#N)c2ncccc12. The van der Waals surface area contributed by atoms with Crippen molar-refractivity contribution in [3.8, 4) is 11.8 Å². The number of fused-ring (bicyclic) bond motifs is 2. The number of pyridine rings is 1. The van der Waals surface area contributed by atoms with E-state index in [9.17, 15) is 29.2 Å². The summed E-state index contributed by atoms with van der Waals surface area (Å²) >= 11 is 0. The van der Waals surface area contributed by atoms with Crippen LogP contribution in [0.25, 0.3) is 10.9 Å². The Balaban J connectivity index is 0.754. The number of hydrogen-bond donors (Lipinski definition) is 2. The van der Waals surface area contributed by atoms with Gasteiger partial charge in [0.1, 0.15) is 29.8 Å². The van der Waals surface area contributed by atoms with Gasteiger partial charge in [-0.3, -0.25) is 44.1 Å². The number of carbonyl (C=O) groups is 5. The summed E-state index contributed by atoms with van der Waals surface area (Å²) in [6.45, 7) is 13.7. The molecule has 3 aromatic carbocycles. The van der Waals surface area contributed by atoms with Crippen molar-refractivity contribution in [3.05, 3.63) is 94.9 Å². The molecule has 4 aliphatic heterocycles. The molecule has 9 rings (SSSR count). The minimum absolute atomic E-state index is 0.0748. The maximum Gasteiger partial charge on any atom is 0.262 e. The fourth-order valence-electron chi connectivity index (χ4n) is 11.0. The number of ether oxygens (including phenoxy) is 1. The Morgan fingerprint density at radius 3 is 2.32 bits per heavy atom. The Morgan fingerprint density at radius 2 is 1.62 bits per heavy atom. The first kappa shape index (κ1) is 41.9. The maximum absolute atomic E-state index is 15.8. The van der Waals surface area contributed by atoms with Crippen LogP contribution in [0.4, 0.5) is 15.8 Å². The Labute approximate surface area is 365 Å². The van der Waals surface area contributed by atoms with Crippen LogP contribution in [-0.4, -0.2) is 108 Å². The van der Waals surface area contributed by atoms with Crippen LogP contribution in [0.15, 0.2) is 66.9 Å². The first-order valence-electron chi connectivity index (χ1n) is 21.8. The first-order chi connectivity index (χ1) is 30.1. The number of amides is 5. The number of piperidine rings is 2. The third kappa shape index (κ3) is 7.43. The van der Waals surface area contributed by atoms with Crippen LogP contribution in [-0.2, 0) is 9.59 Å². The number of anilines is 2. The standard InChI is InChI=1S/C48H51FN8O6/c1-47(2)45(48(3,4)46(47)63-38-13-8-30(26-50)40-33(38)6-5-17-51-40)53-41(59)29-7-11-36(35(49)24-29)56-18-15-28(16-19-56)27-54-20-22-55(23-21-54)31-9-10-32-34(25-31)44(62)57(43(32)61)37-12-14-39(58)52-42(37)60/h5-11,13,17,24-25,28,37,45-46H,12,14-16,18-23,27H2,1-4H3,(H,53,59)(H,52,58,60)/t37-,45?,46?/m0/s1.